The molecule has 0 aromatic heterocycles. The fourth-order valence-corrected chi connectivity index (χ4v) is 3.17. The Balaban J connectivity index is 1.86. The summed E-state index contributed by atoms with van der Waals surface area (Å²) in [7, 11) is 0. The van der Waals surface area contributed by atoms with E-state index in [1.807, 2.05) is 30.3 Å². The highest BCUT2D eigenvalue weighted by Crippen LogP contribution is 2.19. The number of amides is 4. The molecule has 0 saturated carbocycles. The number of hydrogen-bond donors (Lipinski definition) is 3. The van der Waals surface area contributed by atoms with E-state index in [1.165, 1.54) is 11.8 Å². The van der Waals surface area contributed by atoms with Gasteiger partial charge in [0, 0.05) is 13.1 Å². The van der Waals surface area contributed by atoms with Gasteiger partial charge in [0.05, 0.1) is 0 Å². The van der Waals surface area contributed by atoms with Gasteiger partial charge in [-0.3, -0.25) is 19.3 Å². The maximum absolute atomic E-state index is 12.7. The van der Waals surface area contributed by atoms with Crippen LogP contribution in [0.4, 0.5) is 4.79 Å². The molecular weight excluding hydrogens is 388 g/mol. The molecule has 3 atom stereocenters. The molecule has 164 valence electrons. The molecule has 9 heteroatoms. The van der Waals surface area contributed by atoms with E-state index in [0.717, 1.165) is 5.56 Å². The van der Waals surface area contributed by atoms with Crippen LogP contribution in [0, 0.1) is 0 Å². The highest BCUT2D eigenvalue weighted by molar-refractivity contribution is 5.93. The SMILES string of the molecule is CCNC(=O)C(C)NC(=O)C(C)NC(=O)C1CCCN1C(=O)OCc1ccccc1. The molecule has 30 heavy (non-hydrogen) atoms. The minimum absolute atomic E-state index is 0.126. The van der Waals surface area contributed by atoms with Crippen LogP contribution < -0.4 is 16.0 Å². The molecule has 1 saturated heterocycles. The Morgan fingerprint density at radius 2 is 1.73 bits per heavy atom. The Labute approximate surface area is 176 Å². The minimum Gasteiger partial charge on any atom is -0.445 e. The lowest BCUT2D eigenvalue weighted by molar-refractivity contribution is -0.132. The van der Waals surface area contributed by atoms with Crippen molar-refractivity contribution in [3.8, 4) is 0 Å². The average molecular weight is 418 g/mol. The van der Waals surface area contributed by atoms with Gasteiger partial charge in [-0.1, -0.05) is 30.3 Å². The summed E-state index contributed by atoms with van der Waals surface area (Å²) in [6.45, 7) is 5.89. The van der Waals surface area contributed by atoms with Gasteiger partial charge in [0.15, 0.2) is 0 Å². The number of carbonyl (C=O) groups is 4. The van der Waals surface area contributed by atoms with Crippen molar-refractivity contribution in [3.05, 3.63) is 35.9 Å². The van der Waals surface area contributed by atoms with Crippen LogP contribution in [0.1, 0.15) is 39.2 Å². The van der Waals surface area contributed by atoms with E-state index in [0.29, 0.717) is 25.9 Å². The number of ether oxygens (including phenoxy) is 1. The van der Waals surface area contributed by atoms with Crippen molar-refractivity contribution in [2.45, 2.75) is 58.3 Å². The third kappa shape index (κ3) is 6.47. The van der Waals surface area contributed by atoms with E-state index in [-0.39, 0.29) is 12.5 Å². The summed E-state index contributed by atoms with van der Waals surface area (Å²) in [6.07, 6.45) is 0.613. The van der Waals surface area contributed by atoms with Crippen LogP contribution >= 0.6 is 0 Å². The van der Waals surface area contributed by atoms with Gasteiger partial charge < -0.3 is 20.7 Å². The number of likely N-dealkylation sites (N-methyl/N-ethyl adjacent to an activating group) is 1. The van der Waals surface area contributed by atoms with E-state index >= 15 is 0 Å². The molecule has 2 rings (SSSR count). The summed E-state index contributed by atoms with van der Waals surface area (Å²) in [5.74, 6) is -1.19. The molecule has 0 spiro atoms. The summed E-state index contributed by atoms with van der Waals surface area (Å²) in [5, 5.41) is 7.80. The van der Waals surface area contributed by atoms with Gasteiger partial charge in [-0.2, -0.15) is 0 Å². The highest BCUT2D eigenvalue weighted by atomic mass is 16.6. The maximum atomic E-state index is 12.7. The van der Waals surface area contributed by atoms with Crippen LogP contribution in [0.25, 0.3) is 0 Å². The van der Waals surface area contributed by atoms with E-state index < -0.39 is 36.0 Å². The number of carbonyl (C=O) groups excluding carboxylic acids is 4. The van der Waals surface area contributed by atoms with Crippen molar-refractivity contribution in [1.29, 1.82) is 0 Å². The molecule has 0 bridgehead atoms. The van der Waals surface area contributed by atoms with Crippen LogP contribution in [0.15, 0.2) is 30.3 Å². The predicted molar refractivity (Wildman–Crippen MR) is 110 cm³/mol. The second kappa shape index (κ2) is 11.2. The normalized spacial score (nSPS) is 17.6. The summed E-state index contributed by atoms with van der Waals surface area (Å²) in [5.41, 5.74) is 0.859. The van der Waals surface area contributed by atoms with Crippen LogP contribution in [0.2, 0.25) is 0 Å². The summed E-state index contributed by atoms with van der Waals surface area (Å²) < 4.78 is 5.33. The molecule has 1 aliphatic heterocycles. The largest absolute Gasteiger partial charge is 0.445 e. The Bertz CT molecular complexity index is 755. The van der Waals surface area contributed by atoms with Crippen LogP contribution in [-0.2, 0) is 25.7 Å². The summed E-state index contributed by atoms with van der Waals surface area (Å²) in [6, 6.07) is 7.03. The summed E-state index contributed by atoms with van der Waals surface area (Å²) >= 11 is 0. The molecule has 4 amide bonds. The van der Waals surface area contributed by atoms with E-state index in [9.17, 15) is 19.2 Å². The van der Waals surface area contributed by atoms with E-state index in [1.54, 1.807) is 13.8 Å². The zero-order valence-electron chi connectivity index (χ0n) is 17.6. The van der Waals surface area contributed by atoms with Gasteiger partial charge in [-0.15, -0.1) is 0 Å². The minimum atomic E-state index is -0.850. The van der Waals surface area contributed by atoms with Crippen molar-refractivity contribution in [3.63, 3.8) is 0 Å². The topological polar surface area (TPSA) is 117 Å². The summed E-state index contributed by atoms with van der Waals surface area (Å²) in [4.78, 5) is 50.5. The quantitative estimate of drug-likeness (QED) is 0.581. The third-order valence-electron chi connectivity index (χ3n) is 4.85. The van der Waals surface area contributed by atoms with E-state index in [4.69, 9.17) is 4.74 Å². The molecule has 1 aromatic rings. The number of rotatable bonds is 8. The standard InChI is InChI=1S/C21H30N4O5/c1-4-22-18(26)14(2)23-19(27)15(3)24-20(28)17-11-8-12-25(17)21(29)30-13-16-9-6-5-7-10-16/h5-7,9-10,14-15,17H,4,8,11-13H2,1-3H3,(H,22,26)(H,23,27)(H,24,28). The van der Waals surface area contributed by atoms with Crippen LogP contribution in [0.5, 0.6) is 0 Å². The molecule has 3 N–H and O–H groups in total. The molecule has 1 aromatic carbocycles. The smallest absolute Gasteiger partial charge is 0.410 e. The van der Waals surface area contributed by atoms with Crippen molar-refractivity contribution in [1.82, 2.24) is 20.9 Å². The zero-order valence-corrected chi connectivity index (χ0v) is 17.6. The molecule has 0 aliphatic carbocycles. The number of nitrogens with zero attached hydrogens (tertiary/aromatic N) is 1. The fraction of sp³-hybridized carbons (Fsp3) is 0.524. The number of likely N-dealkylation sites (tertiary alicyclic amines) is 1. The van der Waals surface area contributed by atoms with Gasteiger partial charge in [0.25, 0.3) is 0 Å². The van der Waals surface area contributed by atoms with Crippen molar-refractivity contribution < 1.29 is 23.9 Å². The van der Waals surface area contributed by atoms with E-state index in [2.05, 4.69) is 16.0 Å². The molecular formula is C21H30N4O5. The number of nitrogens with one attached hydrogen (secondary N) is 3. The number of benzene rings is 1. The fourth-order valence-electron chi connectivity index (χ4n) is 3.17. The van der Waals surface area contributed by atoms with Gasteiger partial charge >= 0.3 is 6.09 Å². The lowest BCUT2D eigenvalue weighted by atomic mass is 10.2. The first-order valence-electron chi connectivity index (χ1n) is 10.2. The van der Waals surface area contributed by atoms with Crippen molar-refractivity contribution in [2.24, 2.45) is 0 Å². The van der Waals surface area contributed by atoms with Gasteiger partial charge in [0.2, 0.25) is 17.7 Å². The van der Waals surface area contributed by atoms with Crippen molar-refractivity contribution in [2.75, 3.05) is 13.1 Å². The first kappa shape index (κ1) is 23.2. The predicted octanol–water partition coefficient (Wildman–Crippen LogP) is 0.933. The number of hydrogen-bond acceptors (Lipinski definition) is 5. The molecule has 0 radical (unpaired) electrons. The Morgan fingerprint density at radius 3 is 2.40 bits per heavy atom. The third-order valence-corrected chi connectivity index (χ3v) is 4.85. The van der Waals surface area contributed by atoms with Crippen LogP contribution in [-0.4, -0.2) is 59.9 Å². The second-order valence-corrected chi connectivity index (χ2v) is 7.25. The Hall–Kier alpha value is -3.10. The lowest BCUT2D eigenvalue weighted by Crippen LogP contribution is -2.54. The first-order valence-corrected chi connectivity index (χ1v) is 10.2. The molecule has 3 unspecified atom stereocenters. The molecule has 1 heterocycles. The van der Waals surface area contributed by atoms with Gasteiger partial charge in [-0.05, 0) is 39.2 Å². The van der Waals surface area contributed by atoms with Crippen LogP contribution in [0.3, 0.4) is 0 Å². The Kier molecular flexibility index (Phi) is 8.64. The van der Waals surface area contributed by atoms with Gasteiger partial charge in [-0.25, -0.2) is 4.79 Å². The Morgan fingerprint density at radius 1 is 1.07 bits per heavy atom. The maximum Gasteiger partial charge on any atom is 0.410 e. The monoisotopic (exact) mass is 418 g/mol. The molecule has 1 fully saturated rings. The molecule has 9 nitrogen and oxygen atoms in total. The molecule has 1 aliphatic rings. The first-order chi connectivity index (χ1) is 14.3. The average Bonchev–Trinajstić information content (AvgIpc) is 3.23. The zero-order chi connectivity index (χ0) is 22.1. The highest BCUT2D eigenvalue weighted by Gasteiger charge is 2.36. The lowest BCUT2D eigenvalue weighted by Gasteiger charge is -2.25. The van der Waals surface area contributed by atoms with Crippen molar-refractivity contribution >= 4 is 23.8 Å². The van der Waals surface area contributed by atoms with Gasteiger partial charge in [0.1, 0.15) is 24.7 Å². The second-order valence-electron chi connectivity index (χ2n) is 7.25.